The highest BCUT2D eigenvalue weighted by Crippen LogP contribution is 2.43. The Morgan fingerprint density at radius 3 is 2.44 bits per heavy atom. The number of nitrogens with zero attached hydrogens (tertiary/aromatic N) is 3. The van der Waals surface area contributed by atoms with Gasteiger partial charge < -0.3 is 20.1 Å². The first-order valence-corrected chi connectivity index (χ1v) is 14.7. The van der Waals surface area contributed by atoms with Gasteiger partial charge in [0.15, 0.2) is 11.5 Å². The van der Waals surface area contributed by atoms with Crippen LogP contribution in [0, 0.1) is 11.8 Å². The van der Waals surface area contributed by atoms with Crippen molar-refractivity contribution in [3.63, 3.8) is 0 Å². The van der Waals surface area contributed by atoms with Gasteiger partial charge in [0.05, 0.1) is 36.8 Å². The van der Waals surface area contributed by atoms with Crippen molar-refractivity contribution in [1.82, 2.24) is 14.5 Å². The van der Waals surface area contributed by atoms with Crippen molar-refractivity contribution in [2.24, 2.45) is 17.6 Å². The van der Waals surface area contributed by atoms with Gasteiger partial charge in [-0.2, -0.15) is 0 Å². The molecular formula is C30H42N4O5. The van der Waals surface area contributed by atoms with Crippen molar-refractivity contribution in [3.05, 3.63) is 40.3 Å². The van der Waals surface area contributed by atoms with Crippen LogP contribution in [0.1, 0.15) is 94.1 Å². The Morgan fingerprint density at radius 1 is 1.03 bits per heavy atom. The molecule has 1 aromatic carbocycles. The van der Waals surface area contributed by atoms with Crippen LogP contribution in [0.3, 0.4) is 0 Å². The van der Waals surface area contributed by atoms with Crippen LogP contribution in [0.15, 0.2) is 29.1 Å². The lowest BCUT2D eigenvalue weighted by molar-refractivity contribution is -0.143. The molecule has 0 amide bonds. The molecular weight excluding hydrogens is 496 g/mol. The largest absolute Gasteiger partial charge is 0.466 e. The van der Waals surface area contributed by atoms with E-state index in [1.807, 2.05) is 18.2 Å². The van der Waals surface area contributed by atoms with E-state index in [0.717, 1.165) is 24.7 Å². The van der Waals surface area contributed by atoms with Gasteiger partial charge in [0.2, 0.25) is 0 Å². The second-order valence-electron chi connectivity index (χ2n) is 11.7. The fourth-order valence-corrected chi connectivity index (χ4v) is 7.53. The summed E-state index contributed by atoms with van der Waals surface area (Å²) in [7, 11) is 0. The highest BCUT2D eigenvalue weighted by atomic mass is 16.5. The molecule has 2 bridgehead atoms. The molecule has 2 heterocycles. The second-order valence-corrected chi connectivity index (χ2v) is 11.7. The standard InChI is InChI=1S/C30H42N4O5/c1-2-39-28(37)12-11-26(36)29-30(38)34(25-10-6-5-9-24(25)32-29)22-16-23(18-35)33(27(31)17-22)21-14-19-7-3-4-8-20(13-19)15-21/h5-6,9-10,19-23,27,35H,2-4,7-8,11-18,31H2,1H3. The van der Waals surface area contributed by atoms with Gasteiger partial charge >= 0.3 is 5.97 Å². The number of rotatable bonds is 8. The van der Waals surface area contributed by atoms with Crippen molar-refractivity contribution in [3.8, 4) is 0 Å². The summed E-state index contributed by atoms with van der Waals surface area (Å²) in [5, 5.41) is 10.5. The molecule has 2 aromatic rings. The van der Waals surface area contributed by atoms with Crippen LogP contribution < -0.4 is 11.3 Å². The third-order valence-electron chi connectivity index (χ3n) is 9.13. The molecule has 5 atom stereocenters. The van der Waals surface area contributed by atoms with E-state index in [1.54, 1.807) is 17.6 Å². The number of ketones is 1. The van der Waals surface area contributed by atoms with Crippen LogP contribution in [0.25, 0.3) is 11.0 Å². The van der Waals surface area contributed by atoms with Crippen molar-refractivity contribution in [1.29, 1.82) is 0 Å². The lowest BCUT2D eigenvalue weighted by Crippen LogP contribution is -2.60. The van der Waals surface area contributed by atoms with Gasteiger partial charge in [0.1, 0.15) is 0 Å². The molecule has 1 aliphatic heterocycles. The summed E-state index contributed by atoms with van der Waals surface area (Å²) in [5.41, 5.74) is 7.43. The van der Waals surface area contributed by atoms with Crippen molar-refractivity contribution < 1.29 is 19.4 Å². The normalized spacial score (nSPS) is 29.6. The number of nitrogens with two attached hydrogens (primary N) is 1. The molecule has 5 rings (SSSR count). The van der Waals surface area contributed by atoms with Crippen LogP contribution in [0.2, 0.25) is 0 Å². The molecule has 3 N–H and O–H groups in total. The number of para-hydroxylation sites is 2. The minimum atomic E-state index is -0.474. The number of hydrogen-bond donors (Lipinski definition) is 2. The zero-order valence-corrected chi connectivity index (χ0v) is 23.0. The Bertz CT molecular complexity index is 1230. The van der Waals surface area contributed by atoms with E-state index >= 15 is 0 Å². The van der Waals surface area contributed by atoms with E-state index in [2.05, 4.69) is 9.88 Å². The molecule has 3 fully saturated rings. The third-order valence-corrected chi connectivity index (χ3v) is 9.13. The van der Waals surface area contributed by atoms with Crippen LogP contribution >= 0.6 is 0 Å². The summed E-state index contributed by atoms with van der Waals surface area (Å²) in [6, 6.07) is 7.21. The van der Waals surface area contributed by atoms with Crippen LogP contribution in [-0.4, -0.2) is 62.8 Å². The number of benzene rings is 1. The van der Waals surface area contributed by atoms with Gasteiger partial charge in [-0.1, -0.05) is 37.8 Å². The predicted molar refractivity (Wildman–Crippen MR) is 148 cm³/mol. The average molecular weight is 539 g/mol. The highest BCUT2D eigenvalue weighted by Gasteiger charge is 2.42. The van der Waals surface area contributed by atoms with Gasteiger partial charge in [-0.05, 0) is 63.0 Å². The Hall–Kier alpha value is -2.62. The maximum absolute atomic E-state index is 13.8. The average Bonchev–Trinajstić information content (AvgIpc) is 3.10. The number of piperidine rings is 1. The zero-order chi connectivity index (χ0) is 27.5. The second kappa shape index (κ2) is 12.3. The van der Waals surface area contributed by atoms with E-state index in [1.165, 1.54) is 32.1 Å². The Morgan fingerprint density at radius 2 is 1.74 bits per heavy atom. The lowest BCUT2D eigenvalue weighted by atomic mass is 9.76. The Balaban J connectivity index is 1.43. The number of Topliss-reactive ketones (excluding diaryl/α,β-unsaturated/α-hetero) is 1. The molecule has 9 nitrogen and oxygen atoms in total. The summed E-state index contributed by atoms with van der Waals surface area (Å²) >= 11 is 0. The first-order valence-electron chi connectivity index (χ1n) is 14.7. The Labute approximate surface area is 229 Å². The molecule has 0 radical (unpaired) electrons. The maximum atomic E-state index is 13.8. The predicted octanol–water partition coefficient (Wildman–Crippen LogP) is 3.56. The summed E-state index contributed by atoms with van der Waals surface area (Å²) < 4.78 is 6.60. The van der Waals surface area contributed by atoms with Gasteiger partial charge in [-0.25, -0.2) is 4.98 Å². The van der Waals surface area contributed by atoms with E-state index in [9.17, 15) is 19.5 Å². The summed E-state index contributed by atoms with van der Waals surface area (Å²) in [6.45, 7) is 1.92. The number of hydrogen-bond acceptors (Lipinski definition) is 8. The number of fused-ring (bicyclic) bond motifs is 3. The number of likely N-dealkylation sites (tertiary alicyclic amines) is 1. The van der Waals surface area contributed by atoms with Crippen molar-refractivity contribution in [2.75, 3.05) is 13.2 Å². The van der Waals surface area contributed by atoms with Gasteiger partial charge in [0, 0.05) is 24.5 Å². The number of carbonyl (C=O) groups excluding carboxylic acids is 2. The SMILES string of the molecule is CCOC(=O)CCC(=O)c1nc2ccccc2n(C2CC(N)N(C3CC4CCCCC(C4)C3)C(CO)C2)c1=O. The molecule has 1 aromatic heterocycles. The third kappa shape index (κ3) is 5.95. The number of esters is 1. The molecule has 39 heavy (non-hydrogen) atoms. The first kappa shape index (κ1) is 27.9. The monoisotopic (exact) mass is 538 g/mol. The molecule has 9 heteroatoms. The van der Waals surface area contributed by atoms with Gasteiger partial charge in [-0.3, -0.25) is 19.3 Å². The quantitative estimate of drug-likeness (QED) is 0.386. The molecule has 5 unspecified atom stereocenters. The number of aliphatic hydroxyl groups excluding tert-OH is 1. The molecule has 2 saturated carbocycles. The highest BCUT2D eigenvalue weighted by molar-refractivity contribution is 5.97. The van der Waals surface area contributed by atoms with E-state index in [4.69, 9.17) is 10.5 Å². The van der Waals surface area contributed by atoms with Crippen molar-refractivity contribution >= 4 is 22.8 Å². The minimum Gasteiger partial charge on any atom is -0.466 e. The van der Waals surface area contributed by atoms with E-state index in [0.29, 0.717) is 29.9 Å². The van der Waals surface area contributed by atoms with Crippen molar-refractivity contribution in [2.45, 2.75) is 102 Å². The molecule has 3 aliphatic rings. The maximum Gasteiger partial charge on any atom is 0.306 e. The minimum absolute atomic E-state index is 0.0286. The van der Waals surface area contributed by atoms with Crippen LogP contribution in [-0.2, 0) is 9.53 Å². The number of aromatic nitrogens is 2. The van der Waals surface area contributed by atoms with Gasteiger partial charge in [-0.15, -0.1) is 0 Å². The molecule has 2 aliphatic carbocycles. The Kier molecular flexibility index (Phi) is 8.79. The number of ether oxygens (including phenoxy) is 1. The van der Waals surface area contributed by atoms with Crippen LogP contribution in [0.5, 0.6) is 0 Å². The zero-order valence-electron chi connectivity index (χ0n) is 23.0. The fraction of sp³-hybridized carbons (Fsp3) is 0.667. The van der Waals surface area contributed by atoms with Gasteiger partial charge in [0.25, 0.3) is 5.56 Å². The lowest BCUT2D eigenvalue weighted by Gasteiger charge is -2.50. The molecule has 1 saturated heterocycles. The summed E-state index contributed by atoms with van der Waals surface area (Å²) in [4.78, 5) is 45.4. The van der Waals surface area contributed by atoms with Crippen LogP contribution in [0.4, 0.5) is 0 Å². The molecule has 212 valence electrons. The number of carbonyl (C=O) groups is 2. The topological polar surface area (TPSA) is 128 Å². The van der Waals surface area contributed by atoms with E-state index < -0.39 is 17.3 Å². The smallest absolute Gasteiger partial charge is 0.306 e. The first-order chi connectivity index (χ1) is 18.9. The fourth-order valence-electron chi connectivity index (χ4n) is 7.53. The number of aliphatic hydroxyl groups is 1. The van der Waals surface area contributed by atoms with E-state index in [-0.39, 0.29) is 50.0 Å². The summed E-state index contributed by atoms with van der Waals surface area (Å²) in [5.74, 6) is 0.516. The summed E-state index contributed by atoms with van der Waals surface area (Å²) in [6.07, 6.45) is 9.35. The molecule has 0 spiro atoms.